The summed E-state index contributed by atoms with van der Waals surface area (Å²) in [5, 5.41) is 2.63. The number of hydrogen-bond donors (Lipinski definition) is 1. The van der Waals surface area contributed by atoms with Gasteiger partial charge in [0.25, 0.3) is 0 Å². The molecule has 5 heteroatoms. The van der Waals surface area contributed by atoms with Crippen LogP contribution in [0.5, 0.6) is 0 Å². The Hall–Kier alpha value is -1.07. The minimum absolute atomic E-state index is 0.446. The van der Waals surface area contributed by atoms with Crippen molar-refractivity contribution in [1.82, 2.24) is 5.32 Å². The lowest BCUT2D eigenvalue weighted by Crippen LogP contribution is -2.31. The molecule has 0 atom stereocenters. The van der Waals surface area contributed by atoms with Crippen molar-refractivity contribution in [1.29, 1.82) is 0 Å². The summed E-state index contributed by atoms with van der Waals surface area (Å²) in [6.45, 7) is 20.4. The van der Waals surface area contributed by atoms with Gasteiger partial charge >= 0.3 is 6.09 Å². The molecule has 1 amide bonds. The second-order valence-corrected chi connectivity index (χ2v) is 8.30. The summed E-state index contributed by atoms with van der Waals surface area (Å²) < 4.78 is 15.5. The molecule has 0 spiro atoms. The van der Waals surface area contributed by atoms with Gasteiger partial charge in [-0.05, 0) is 58.3 Å². The van der Waals surface area contributed by atoms with Gasteiger partial charge in [0.2, 0.25) is 0 Å². The Bertz CT molecular complexity index is 360. The van der Waals surface area contributed by atoms with Gasteiger partial charge in [-0.25, -0.2) is 4.79 Å². The Morgan fingerprint density at radius 2 is 1.54 bits per heavy atom. The first kappa shape index (κ1) is 27.2. The van der Waals surface area contributed by atoms with Crippen molar-refractivity contribution in [2.24, 2.45) is 11.8 Å². The zero-order valence-electron chi connectivity index (χ0n) is 18.4. The zero-order valence-corrected chi connectivity index (χ0v) is 18.4. The SMILES string of the molecule is C=C(CCCOCCC(C)C)NC(=O)OC(C)(C)C.COCCC(C)C. The summed E-state index contributed by atoms with van der Waals surface area (Å²) in [7, 11) is 1.74. The summed E-state index contributed by atoms with van der Waals surface area (Å²) in [6.07, 6.45) is 3.37. The van der Waals surface area contributed by atoms with Gasteiger partial charge in [-0.2, -0.15) is 0 Å². The molecule has 0 aliphatic carbocycles. The maximum Gasteiger partial charge on any atom is 0.411 e. The Balaban J connectivity index is 0. The predicted octanol–water partition coefficient (Wildman–Crippen LogP) is 5.55. The molecule has 0 aromatic heterocycles. The van der Waals surface area contributed by atoms with Crippen LogP contribution >= 0.6 is 0 Å². The van der Waals surface area contributed by atoms with E-state index >= 15 is 0 Å². The fourth-order valence-electron chi connectivity index (χ4n) is 1.67. The molecule has 0 radical (unpaired) electrons. The molecular weight excluding hydrogens is 330 g/mol. The quantitative estimate of drug-likeness (QED) is 0.483. The van der Waals surface area contributed by atoms with Crippen LogP contribution in [0, 0.1) is 11.8 Å². The van der Waals surface area contributed by atoms with Gasteiger partial charge in [-0.3, -0.25) is 5.32 Å². The number of allylic oxidation sites excluding steroid dienone is 1. The van der Waals surface area contributed by atoms with Crippen molar-refractivity contribution in [3.8, 4) is 0 Å². The summed E-state index contributed by atoms with van der Waals surface area (Å²) in [5.41, 5.74) is 0.186. The first-order valence-electron chi connectivity index (χ1n) is 9.72. The van der Waals surface area contributed by atoms with E-state index in [4.69, 9.17) is 14.2 Å². The second kappa shape index (κ2) is 16.1. The van der Waals surface area contributed by atoms with E-state index in [9.17, 15) is 4.79 Å². The van der Waals surface area contributed by atoms with Crippen molar-refractivity contribution in [3.63, 3.8) is 0 Å². The predicted molar refractivity (Wildman–Crippen MR) is 109 cm³/mol. The lowest BCUT2D eigenvalue weighted by atomic mass is 10.1. The number of amides is 1. The monoisotopic (exact) mass is 373 g/mol. The second-order valence-electron chi connectivity index (χ2n) is 8.30. The van der Waals surface area contributed by atoms with E-state index in [1.54, 1.807) is 7.11 Å². The van der Waals surface area contributed by atoms with Crippen LogP contribution in [0.2, 0.25) is 0 Å². The first-order valence-corrected chi connectivity index (χ1v) is 9.72. The van der Waals surface area contributed by atoms with Gasteiger partial charge in [0, 0.05) is 32.6 Å². The van der Waals surface area contributed by atoms with Crippen molar-refractivity contribution >= 4 is 6.09 Å². The molecule has 0 heterocycles. The fourth-order valence-corrected chi connectivity index (χ4v) is 1.67. The van der Waals surface area contributed by atoms with Crippen LogP contribution in [0.25, 0.3) is 0 Å². The number of nitrogens with one attached hydrogen (secondary N) is 1. The molecular formula is C21H43NO4. The van der Waals surface area contributed by atoms with E-state index in [0.29, 0.717) is 24.6 Å². The summed E-state index contributed by atoms with van der Waals surface area (Å²) in [5.74, 6) is 1.45. The third-order valence-corrected chi connectivity index (χ3v) is 3.18. The highest BCUT2D eigenvalue weighted by molar-refractivity contribution is 5.69. The van der Waals surface area contributed by atoms with E-state index < -0.39 is 11.7 Å². The number of hydrogen-bond acceptors (Lipinski definition) is 4. The van der Waals surface area contributed by atoms with Gasteiger partial charge in [-0.15, -0.1) is 0 Å². The van der Waals surface area contributed by atoms with Crippen LogP contribution in [0.3, 0.4) is 0 Å². The van der Waals surface area contributed by atoms with Crippen molar-refractivity contribution in [2.45, 2.75) is 79.8 Å². The highest BCUT2D eigenvalue weighted by atomic mass is 16.6. The molecule has 1 N–H and O–H groups in total. The maximum absolute atomic E-state index is 11.5. The van der Waals surface area contributed by atoms with E-state index in [2.05, 4.69) is 39.6 Å². The lowest BCUT2D eigenvalue weighted by molar-refractivity contribution is 0.0542. The number of ether oxygens (including phenoxy) is 3. The highest BCUT2D eigenvalue weighted by Crippen LogP contribution is 2.08. The van der Waals surface area contributed by atoms with Crippen LogP contribution in [0.1, 0.15) is 74.1 Å². The summed E-state index contributed by atoms with van der Waals surface area (Å²) >= 11 is 0. The van der Waals surface area contributed by atoms with E-state index in [-0.39, 0.29) is 0 Å². The van der Waals surface area contributed by atoms with E-state index in [1.165, 1.54) is 6.42 Å². The van der Waals surface area contributed by atoms with Crippen LogP contribution in [-0.2, 0) is 14.2 Å². The van der Waals surface area contributed by atoms with Crippen LogP contribution < -0.4 is 5.32 Å². The van der Waals surface area contributed by atoms with Gasteiger partial charge in [0.15, 0.2) is 0 Å². The molecule has 0 saturated carbocycles. The maximum atomic E-state index is 11.5. The topological polar surface area (TPSA) is 56.8 Å². The molecule has 0 bridgehead atoms. The highest BCUT2D eigenvalue weighted by Gasteiger charge is 2.16. The molecule has 0 unspecified atom stereocenters. The van der Waals surface area contributed by atoms with Gasteiger partial charge in [0.1, 0.15) is 5.60 Å². The van der Waals surface area contributed by atoms with Gasteiger partial charge in [-0.1, -0.05) is 34.3 Å². The van der Waals surface area contributed by atoms with E-state index in [0.717, 1.165) is 32.0 Å². The summed E-state index contributed by atoms with van der Waals surface area (Å²) in [6, 6.07) is 0. The van der Waals surface area contributed by atoms with E-state index in [1.807, 2.05) is 20.8 Å². The minimum atomic E-state index is -0.482. The third-order valence-electron chi connectivity index (χ3n) is 3.18. The number of methoxy groups -OCH3 is 1. The molecule has 5 nitrogen and oxygen atoms in total. The number of carbonyl (C=O) groups excluding carboxylic acids is 1. The Kier molecular flexibility index (Phi) is 16.8. The van der Waals surface area contributed by atoms with Crippen molar-refractivity contribution in [3.05, 3.63) is 12.3 Å². The molecule has 0 aromatic carbocycles. The smallest absolute Gasteiger partial charge is 0.411 e. The van der Waals surface area contributed by atoms with Crippen LogP contribution in [0.15, 0.2) is 12.3 Å². The molecule has 0 aliphatic heterocycles. The molecule has 0 rings (SSSR count). The van der Waals surface area contributed by atoms with Crippen LogP contribution in [0.4, 0.5) is 4.79 Å². The third kappa shape index (κ3) is 25.2. The number of rotatable bonds is 11. The van der Waals surface area contributed by atoms with Crippen molar-refractivity contribution in [2.75, 3.05) is 26.9 Å². The Morgan fingerprint density at radius 3 is 1.96 bits per heavy atom. The minimum Gasteiger partial charge on any atom is -0.444 e. The summed E-state index contributed by atoms with van der Waals surface area (Å²) in [4.78, 5) is 11.5. The average Bonchev–Trinajstić information content (AvgIpc) is 2.46. The average molecular weight is 374 g/mol. The van der Waals surface area contributed by atoms with Gasteiger partial charge in [0.05, 0.1) is 0 Å². The normalized spacial score (nSPS) is 11.2. The number of carbonyl (C=O) groups is 1. The zero-order chi connectivity index (χ0) is 20.6. The molecule has 0 aliphatic rings. The lowest BCUT2D eigenvalue weighted by Gasteiger charge is -2.20. The Labute approximate surface area is 161 Å². The van der Waals surface area contributed by atoms with Crippen molar-refractivity contribution < 1.29 is 19.0 Å². The van der Waals surface area contributed by atoms with Crippen LogP contribution in [-0.4, -0.2) is 38.6 Å². The molecule has 26 heavy (non-hydrogen) atoms. The fraction of sp³-hybridized carbons (Fsp3) is 0.857. The molecule has 0 aromatic rings. The molecule has 156 valence electrons. The largest absolute Gasteiger partial charge is 0.444 e. The Morgan fingerprint density at radius 1 is 1.00 bits per heavy atom. The number of alkyl carbamates (subject to hydrolysis) is 1. The first-order chi connectivity index (χ1) is 12.0. The standard InChI is InChI=1S/C15H29NO3.C6H14O/c1-12(2)9-11-18-10-7-8-13(3)16-14(17)19-15(4,5)6;1-6(2)4-5-7-3/h12H,3,7-11H2,1-2,4-6H3,(H,16,17);6H,4-5H2,1-3H3. The molecule has 0 saturated heterocycles. The molecule has 0 fully saturated rings. The van der Waals surface area contributed by atoms with Gasteiger partial charge < -0.3 is 14.2 Å².